The van der Waals surface area contributed by atoms with Gasteiger partial charge in [-0.05, 0) is 36.8 Å². The number of carbonyl (C=O) groups is 2. The maximum absolute atomic E-state index is 11.7. The minimum Gasteiger partial charge on any atom is -0.467 e. The molecule has 0 aliphatic carbocycles. The van der Waals surface area contributed by atoms with E-state index in [-0.39, 0.29) is 6.54 Å². The van der Waals surface area contributed by atoms with Crippen molar-refractivity contribution in [1.82, 2.24) is 5.32 Å². The van der Waals surface area contributed by atoms with Crippen LogP contribution in [0.1, 0.15) is 11.3 Å². The molecule has 0 bridgehead atoms. The molecular weight excluding hydrogens is 280 g/mol. The Balaban J connectivity index is 1.90. The molecule has 0 aliphatic rings. The van der Waals surface area contributed by atoms with Gasteiger partial charge in [0.2, 0.25) is 0 Å². The number of nitrogens with one attached hydrogen (secondary N) is 2. The summed E-state index contributed by atoms with van der Waals surface area (Å²) in [4.78, 5) is 23.3. The number of halogens is 1. The van der Waals surface area contributed by atoms with Crippen LogP contribution in [-0.2, 0) is 16.1 Å². The van der Waals surface area contributed by atoms with E-state index in [4.69, 9.17) is 16.0 Å². The van der Waals surface area contributed by atoms with Crippen molar-refractivity contribution < 1.29 is 14.0 Å². The van der Waals surface area contributed by atoms with Gasteiger partial charge in [-0.3, -0.25) is 9.59 Å². The quantitative estimate of drug-likeness (QED) is 0.854. The first-order chi connectivity index (χ1) is 9.56. The molecule has 0 fully saturated rings. The Labute approximate surface area is 120 Å². The van der Waals surface area contributed by atoms with Crippen molar-refractivity contribution in [3.8, 4) is 0 Å². The van der Waals surface area contributed by atoms with Crippen LogP contribution >= 0.6 is 11.6 Å². The zero-order valence-corrected chi connectivity index (χ0v) is 11.5. The smallest absolute Gasteiger partial charge is 0.313 e. The third-order valence-corrected chi connectivity index (χ3v) is 3.05. The highest BCUT2D eigenvalue weighted by Crippen LogP contribution is 2.19. The van der Waals surface area contributed by atoms with E-state index in [1.165, 1.54) is 6.26 Å². The van der Waals surface area contributed by atoms with Crippen LogP contribution in [0.25, 0.3) is 0 Å². The number of amides is 2. The third kappa shape index (κ3) is 3.61. The zero-order chi connectivity index (χ0) is 14.5. The lowest BCUT2D eigenvalue weighted by Gasteiger charge is -2.07. The maximum Gasteiger partial charge on any atom is 0.313 e. The topological polar surface area (TPSA) is 71.3 Å². The lowest BCUT2D eigenvalue weighted by atomic mass is 10.2. The second kappa shape index (κ2) is 6.25. The van der Waals surface area contributed by atoms with Gasteiger partial charge in [-0.15, -0.1) is 0 Å². The van der Waals surface area contributed by atoms with Crippen molar-refractivity contribution in [2.75, 3.05) is 5.32 Å². The Bertz CT molecular complexity index is 623. The van der Waals surface area contributed by atoms with Crippen molar-refractivity contribution in [3.63, 3.8) is 0 Å². The van der Waals surface area contributed by atoms with Crippen LogP contribution in [0.2, 0.25) is 5.02 Å². The molecule has 2 rings (SSSR count). The standard InChI is InChI=1S/C14H13ClN2O3/c1-9-4-5-10(7-12(9)15)17-14(19)13(18)16-8-11-3-2-6-20-11/h2-7H,8H2,1H3,(H,16,18)(H,17,19). The first kappa shape index (κ1) is 14.1. The number of hydrogen-bond acceptors (Lipinski definition) is 3. The van der Waals surface area contributed by atoms with Crippen LogP contribution in [0.5, 0.6) is 0 Å². The molecule has 0 aliphatic heterocycles. The number of aryl methyl sites for hydroxylation is 1. The fourth-order valence-corrected chi connectivity index (χ4v) is 1.70. The first-order valence-electron chi connectivity index (χ1n) is 5.94. The molecule has 0 radical (unpaired) electrons. The number of hydrogen-bond donors (Lipinski definition) is 2. The average Bonchev–Trinajstić information content (AvgIpc) is 2.93. The summed E-state index contributed by atoms with van der Waals surface area (Å²) in [6.07, 6.45) is 1.50. The van der Waals surface area contributed by atoms with Crippen molar-refractivity contribution >= 4 is 29.1 Å². The van der Waals surface area contributed by atoms with E-state index in [0.717, 1.165) is 5.56 Å². The minimum absolute atomic E-state index is 0.161. The molecule has 0 spiro atoms. The molecule has 0 saturated carbocycles. The highest BCUT2D eigenvalue weighted by Gasteiger charge is 2.14. The summed E-state index contributed by atoms with van der Waals surface area (Å²) in [6.45, 7) is 2.01. The summed E-state index contributed by atoms with van der Waals surface area (Å²) in [5.74, 6) is -0.917. The van der Waals surface area contributed by atoms with Gasteiger partial charge in [0.25, 0.3) is 0 Å². The number of anilines is 1. The third-order valence-electron chi connectivity index (χ3n) is 2.64. The van der Waals surface area contributed by atoms with Gasteiger partial charge < -0.3 is 15.1 Å². The molecular formula is C14H13ClN2O3. The fraction of sp³-hybridized carbons (Fsp3) is 0.143. The summed E-state index contributed by atoms with van der Waals surface area (Å²) in [7, 11) is 0. The molecule has 20 heavy (non-hydrogen) atoms. The van der Waals surface area contributed by atoms with Gasteiger partial charge in [-0.25, -0.2) is 0 Å². The van der Waals surface area contributed by atoms with Gasteiger partial charge in [-0.2, -0.15) is 0 Å². The van der Waals surface area contributed by atoms with Crippen LogP contribution < -0.4 is 10.6 Å². The molecule has 104 valence electrons. The van der Waals surface area contributed by atoms with E-state index in [1.54, 1.807) is 30.3 Å². The number of rotatable bonds is 3. The van der Waals surface area contributed by atoms with Crippen LogP contribution in [0, 0.1) is 6.92 Å². The van der Waals surface area contributed by atoms with Gasteiger partial charge in [0, 0.05) is 10.7 Å². The van der Waals surface area contributed by atoms with Gasteiger partial charge >= 0.3 is 11.8 Å². The van der Waals surface area contributed by atoms with E-state index < -0.39 is 11.8 Å². The van der Waals surface area contributed by atoms with E-state index in [9.17, 15) is 9.59 Å². The Hall–Kier alpha value is -2.27. The Morgan fingerprint density at radius 1 is 1.25 bits per heavy atom. The summed E-state index contributed by atoms with van der Waals surface area (Å²) in [5.41, 5.74) is 1.37. The molecule has 1 aromatic heterocycles. The second-order valence-electron chi connectivity index (χ2n) is 4.18. The van der Waals surface area contributed by atoms with E-state index >= 15 is 0 Å². The number of benzene rings is 1. The molecule has 5 nitrogen and oxygen atoms in total. The van der Waals surface area contributed by atoms with Crippen molar-refractivity contribution in [1.29, 1.82) is 0 Å². The normalized spacial score (nSPS) is 10.1. The highest BCUT2D eigenvalue weighted by molar-refractivity contribution is 6.39. The zero-order valence-electron chi connectivity index (χ0n) is 10.8. The molecule has 2 aromatic rings. The van der Waals surface area contributed by atoms with E-state index in [0.29, 0.717) is 16.5 Å². The van der Waals surface area contributed by atoms with Crippen LogP contribution in [0.4, 0.5) is 5.69 Å². The van der Waals surface area contributed by atoms with Crippen LogP contribution in [-0.4, -0.2) is 11.8 Å². The summed E-state index contributed by atoms with van der Waals surface area (Å²) in [6, 6.07) is 8.44. The van der Waals surface area contributed by atoms with Gasteiger partial charge in [-0.1, -0.05) is 17.7 Å². The van der Waals surface area contributed by atoms with E-state index in [2.05, 4.69) is 10.6 Å². The molecule has 2 amide bonds. The van der Waals surface area contributed by atoms with Crippen molar-refractivity contribution in [2.45, 2.75) is 13.5 Å². The molecule has 6 heteroatoms. The minimum atomic E-state index is -0.753. The number of carbonyl (C=O) groups excluding carboxylic acids is 2. The molecule has 0 saturated heterocycles. The van der Waals surface area contributed by atoms with Crippen LogP contribution in [0.15, 0.2) is 41.0 Å². The lowest BCUT2D eigenvalue weighted by molar-refractivity contribution is -0.136. The second-order valence-corrected chi connectivity index (χ2v) is 4.59. The largest absolute Gasteiger partial charge is 0.467 e. The average molecular weight is 293 g/mol. The molecule has 1 heterocycles. The fourth-order valence-electron chi connectivity index (χ4n) is 1.52. The molecule has 0 unspecified atom stereocenters. The Morgan fingerprint density at radius 2 is 2.05 bits per heavy atom. The van der Waals surface area contributed by atoms with Gasteiger partial charge in [0.05, 0.1) is 12.8 Å². The lowest BCUT2D eigenvalue weighted by Crippen LogP contribution is -2.34. The first-order valence-corrected chi connectivity index (χ1v) is 6.32. The Morgan fingerprint density at radius 3 is 2.70 bits per heavy atom. The highest BCUT2D eigenvalue weighted by atomic mass is 35.5. The van der Waals surface area contributed by atoms with Gasteiger partial charge in [0.15, 0.2) is 0 Å². The predicted octanol–water partition coefficient (Wildman–Crippen LogP) is 2.50. The van der Waals surface area contributed by atoms with E-state index in [1.807, 2.05) is 6.92 Å². The molecule has 2 N–H and O–H groups in total. The summed E-state index contributed by atoms with van der Waals surface area (Å²) < 4.78 is 5.05. The SMILES string of the molecule is Cc1ccc(NC(=O)C(=O)NCc2ccco2)cc1Cl. The van der Waals surface area contributed by atoms with Crippen LogP contribution in [0.3, 0.4) is 0 Å². The van der Waals surface area contributed by atoms with Crippen molar-refractivity contribution in [3.05, 3.63) is 52.9 Å². The maximum atomic E-state index is 11.7. The Kier molecular flexibility index (Phi) is 4.42. The molecule has 0 atom stereocenters. The number of furan rings is 1. The van der Waals surface area contributed by atoms with Gasteiger partial charge in [0.1, 0.15) is 5.76 Å². The summed E-state index contributed by atoms with van der Waals surface area (Å²) >= 11 is 5.94. The monoisotopic (exact) mass is 292 g/mol. The summed E-state index contributed by atoms with van der Waals surface area (Å²) in [5, 5.41) is 5.45. The molecule has 1 aromatic carbocycles. The van der Waals surface area contributed by atoms with Crippen molar-refractivity contribution in [2.24, 2.45) is 0 Å². The predicted molar refractivity (Wildman–Crippen MR) is 75.4 cm³/mol.